The van der Waals surface area contributed by atoms with E-state index in [-0.39, 0.29) is 32.7 Å². The van der Waals surface area contributed by atoms with Crippen LogP contribution in [0, 0.1) is 53.3 Å². The molecule has 0 bridgehead atoms. The van der Waals surface area contributed by atoms with Crippen LogP contribution in [0.25, 0.3) is 0 Å². The Kier molecular flexibility index (Phi) is 16.4. The fourth-order valence-corrected chi connectivity index (χ4v) is 7.91. The molecule has 0 saturated heterocycles. The third kappa shape index (κ3) is 6.81. The summed E-state index contributed by atoms with van der Waals surface area (Å²) in [6.45, 7) is 19.7. The molecule has 0 nitrogen and oxygen atoms in total. The van der Waals surface area contributed by atoms with Crippen LogP contribution in [0.4, 0.5) is 0 Å². The topological polar surface area (TPSA) is 0 Å². The molecule has 1 radical (unpaired) electrons. The van der Waals surface area contributed by atoms with Crippen molar-refractivity contribution in [2.45, 2.75) is 133 Å². The van der Waals surface area contributed by atoms with Gasteiger partial charge in [-0.2, -0.15) is 12.8 Å². The van der Waals surface area contributed by atoms with Crippen molar-refractivity contribution < 1.29 is 32.7 Å². The predicted octanol–water partition coefficient (Wildman–Crippen LogP) is 9.97. The molecule has 0 spiro atoms. The number of rotatable bonds is 2. The standard InChI is InChI=1S/C22H37.C3H8.2C2H6.Y/c1-4-15-6-9-18-16(14-15)7-10-20-19(18)12-13-22(3)17(5-2)8-11-21(20)22;1-3-2;2*1-2;/h5,15-21H,4,6-14H2,1-3H3;3H2,1-2H3;2*1-2H3;/q-1;;;;. The van der Waals surface area contributed by atoms with Crippen molar-refractivity contribution in [2.75, 3.05) is 0 Å². The Balaban J connectivity index is 0.000000948. The first-order chi connectivity index (χ1) is 14.1. The maximum atomic E-state index is 2.66. The van der Waals surface area contributed by atoms with Gasteiger partial charge in [-0.3, -0.25) is 0 Å². The minimum atomic E-state index is 0. The number of fused-ring (bicyclic) bond motifs is 5. The molecule has 4 aliphatic carbocycles. The van der Waals surface area contributed by atoms with Gasteiger partial charge >= 0.3 is 0 Å². The molecule has 0 aromatic carbocycles. The van der Waals surface area contributed by atoms with Crippen LogP contribution in [0.1, 0.15) is 133 Å². The fraction of sp³-hybridized carbons (Fsp3) is 0.966. The van der Waals surface area contributed by atoms with Crippen LogP contribution in [0.3, 0.4) is 0 Å². The molecule has 0 N–H and O–H groups in total. The van der Waals surface area contributed by atoms with Gasteiger partial charge in [-0.25, -0.2) is 0 Å². The van der Waals surface area contributed by atoms with E-state index in [4.69, 9.17) is 0 Å². The first kappa shape index (κ1) is 31.1. The van der Waals surface area contributed by atoms with Crippen LogP contribution in [0.2, 0.25) is 0 Å². The van der Waals surface area contributed by atoms with Gasteiger partial charge in [0, 0.05) is 32.7 Å². The minimum absolute atomic E-state index is 0. The maximum absolute atomic E-state index is 2.66. The van der Waals surface area contributed by atoms with Crippen molar-refractivity contribution >= 4 is 0 Å². The van der Waals surface area contributed by atoms with Gasteiger partial charge in [-0.1, -0.05) is 92.9 Å². The molecular formula is C29H57Y-. The summed E-state index contributed by atoms with van der Waals surface area (Å²) in [5.41, 5.74) is 0.670. The second-order valence-corrected chi connectivity index (χ2v) is 10.3. The normalized spacial score (nSPS) is 40.9. The third-order valence-electron chi connectivity index (χ3n) is 9.12. The number of hydrogen-bond donors (Lipinski definition) is 0. The fourth-order valence-electron chi connectivity index (χ4n) is 7.91. The van der Waals surface area contributed by atoms with E-state index < -0.39 is 0 Å². The molecule has 30 heavy (non-hydrogen) atoms. The van der Waals surface area contributed by atoms with Gasteiger partial charge in [-0.15, -0.1) is 0 Å². The summed E-state index contributed by atoms with van der Waals surface area (Å²) in [4.78, 5) is 0. The third-order valence-corrected chi connectivity index (χ3v) is 9.12. The van der Waals surface area contributed by atoms with Gasteiger partial charge in [0.2, 0.25) is 0 Å². The van der Waals surface area contributed by atoms with Crippen LogP contribution < -0.4 is 0 Å². The second kappa shape index (κ2) is 15.9. The quantitative estimate of drug-likeness (QED) is 0.335. The zero-order valence-corrected chi connectivity index (χ0v) is 25.3. The van der Waals surface area contributed by atoms with Crippen molar-refractivity contribution in [3.63, 3.8) is 0 Å². The van der Waals surface area contributed by atoms with Crippen molar-refractivity contribution in [3.05, 3.63) is 6.42 Å². The van der Waals surface area contributed by atoms with Gasteiger partial charge in [0.15, 0.2) is 0 Å². The van der Waals surface area contributed by atoms with Crippen LogP contribution in [0.5, 0.6) is 0 Å². The molecule has 0 aromatic heterocycles. The van der Waals surface area contributed by atoms with Crippen LogP contribution in [-0.2, 0) is 32.7 Å². The first-order valence-electron chi connectivity index (χ1n) is 13.9. The summed E-state index contributed by atoms with van der Waals surface area (Å²) in [6, 6.07) is 0. The predicted molar refractivity (Wildman–Crippen MR) is 133 cm³/mol. The molecule has 4 fully saturated rings. The minimum Gasteiger partial charge on any atom is -0.328 e. The smallest absolute Gasteiger partial charge is 0 e. The molecule has 0 aromatic rings. The molecule has 0 heterocycles. The zero-order chi connectivity index (χ0) is 22.0. The van der Waals surface area contributed by atoms with E-state index in [2.05, 4.69) is 41.0 Å². The van der Waals surface area contributed by atoms with E-state index in [0.29, 0.717) is 5.41 Å². The van der Waals surface area contributed by atoms with Crippen molar-refractivity contribution in [2.24, 2.45) is 46.8 Å². The van der Waals surface area contributed by atoms with Gasteiger partial charge in [0.25, 0.3) is 0 Å². The second-order valence-electron chi connectivity index (χ2n) is 10.3. The Labute approximate surface area is 217 Å². The Morgan fingerprint density at radius 2 is 1.37 bits per heavy atom. The molecule has 4 aliphatic rings. The van der Waals surface area contributed by atoms with E-state index in [0.717, 1.165) is 41.4 Å². The van der Waals surface area contributed by atoms with Crippen molar-refractivity contribution in [1.82, 2.24) is 0 Å². The van der Waals surface area contributed by atoms with E-state index in [1.165, 1.54) is 25.7 Å². The van der Waals surface area contributed by atoms with Crippen LogP contribution in [0.15, 0.2) is 0 Å². The first-order valence-corrected chi connectivity index (χ1v) is 13.9. The van der Waals surface area contributed by atoms with E-state index in [1.807, 2.05) is 27.7 Å². The van der Waals surface area contributed by atoms with E-state index in [9.17, 15) is 0 Å². The Bertz CT molecular complexity index is 419. The Hall–Kier alpha value is 1.10. The Morgan fingerprint density at radius 1 is 0.767 bits per heavy atom. The number of hydrogen-bond acceptors (Lipinski definition) is 0. The zero-order valence-electron chi connectivity index (χ0n) is 22.5. The summed E-state index contributed by atoms with van der Waals surface area (Å²) < 4.78 is 0. The molecule has 177 valence electrons. The molecule has 1 heteroatoms. The average Bonchev–Trinajstić information content (AvgIpc) is 3.12. The summed E-state index contributed by atoms with van der Waals surface area (Å²) >= 11 is 0. The maximum Gasteiger partial charge on any atom is 0 e. The SMILES string of the molecule is CC.CC.CCC.C[CH-]C1CCC2C3CCC4CC(CC)CCC4C3CCC12C.[Y]. The molecule has 4 saturated carbocycles. The molecule has 0 amide bonds. The van der Waals surface area contributed by atoms with E-state index in [1.54, 1.807) is 44.9 Å². The van der Waals surface area contributed by atoms with Crippen LogP contribution >= 0.6 is 0 Å². The van der Waals surface area contributed by atoms with Crippen LogP contribution in [-0.4, -0.2) is 0 Å². The van der Waals surface area contributed by atoms with Crippen molar-refractivity contribution in [3.8, 4) is 0 Å². The summed E-state index contributed by atoms with van der Waals surface area (Å²) in [6.07, 6.45) is 19.3. The molecule has 0 aliphatic heterocycles. The molecule has 8 atom stereocenters. The largest absolute Gasteiger partial charge is 0.328 e. The summed E-state index contributed by atoms with van der Waals surface area (Å²) in [5, 5.41) is 0. The average molecular weight is 495 g/mol. The van der Waals surface area contributed by atoms with Gasteiger partial charge in [0.1, 0.15) is 0 Å². The molecule has 4 rings (SSSR count). The molecule has 8 unspecified atom stereocenters. The molecular weight excluding hydrogens is 437 g/mol. The monoisotopic (exact) mass is 494 g/mol. The Morgan fingerprint density at radius 3 is 1.93 bits per heavy atom. The van der Waals surface area contributed by atoms with Gasteiger partial charge in [-0.05, 0) is 74.0 Å². The van der Waals surface area contributed by atoms with Gasteiger partial charge < -0.3 is 6.42 Å². The summed E-state index contributed by atoms with van der Waals surface area (Å²) in [5.74, 6) is 7.50. The summed E-state index contributed by atoms with van der Waals surface area (Å²) in [7, 11) is 0. The van der Waals surface area contributed by atoms with Gasteiger partial charge in [0.05, 0.1) is 0 Å². The van der Waals surface area contributed by atoms with Crippen molar-refractivity contribution in [1.29, 1.82) is 0 Å². The van der Waals surface area contributed by atoms with E-state index >= 15 is 0 Å².